The second-order valence-electron chi connectivity index (χ2n) is 6.63. The van der Waals surface area contributed by atoms with Crippen LogP contribution in [-0.2, 0) is 10.1 Å². The molecule has 3 aromatic carbocycles. The third kappa shape index (κ3) is 5.26. The highest BCUT2D eigenvalue weighted by Gasteiger charge is 2.21. The van der Waals surface area contributed by atoms with Crippen molar-refractivity contribution >= 4 is 50.7 Å². The summed E-state index contributed by atoms with van der Waals surface area (Å²) in [5.41, 5.74) is 1.36. The Hall–Kier alpha value is -3.38. The van der Waals surface area contributed by atoms with Gasteiger partial charge in [0, 0.05) is 22.7 Å². The largest absolute Gasteiger partial charge is 0.377 e. The number of nitrogens with zero attached hydrogens (tertiary/aromatic N) is 2. The summed E-state index contributed by atoms with van der Waals surface area (Å²) >= 11 is 12.3. The van der Waals surface area contributed by atoms with Gasteiger partial charge in [0.15, 0.2) is 5.75 Å². The Balaban J connectivity index is 2.07. The Morgan fingerprint density at radius 2 is 1.72 bits per heavy atom. The van der Waals surface area contributed by atoms with Crippen LogP contribution in [-0.4, -0.2) is 13.3 Å². The Morgan fingerprint density at radius 3 is 2.28 bits per heavy atom. The molecule has 10 heteroatoms. The molecule has 7 nitrogen and oxygen atoms in total. The SMILES string of the molecule is Cc1ccc(S(=O)(=O)Oc2c(Cl)cc(Cl)cc2/C=C(\C#N)c2ccc([N+](=O)[O-])cc2)cc1. The molecule has 0 saturated heterocycles. The molecule has 0 heterocycles. The predicted octanol–water partition coefficient (Wildman–Crippen LogP) is 6.04. The van der Waals surface area contributed by atoms with E-state index in [-0.39, 0.29) is 37.5 Å². The van der Waals surface area contributed by atoms with Crippen molar-refractivity contribution in [1.82, 2.24) is 0 Å². The van der Waals surface area contributed by atoms with Crippen molar-refractivity contribution in [2.45, 2.75) is 11.8 Å². The van der Waals surface area contributed by atoms with E-state index in [2.05, 4.69) is 0 Å². The zero-order valence-corrected chi connectivity index (χ0v) is 18.8. The van der Waals surface area contributed by atoms with Crippen LogP contribution in [0.15, 0.2) is 65.6 Å². The molecule has 0 spiro atoms. The summed E-state index contributed by atoms with van der Waals surface area (Å²) in [5, 5.41) is 20.6. The molecule has 0 fully saturated rings. The highest BCUT2D eigenvalue weighted by Crippen LogP contribution is 2.37. The van der Waals surface area contributed by atoms with E-state index in [9.17, 15) is 23.8 Å². The molecule has 0 aliphatic rings. The van der Waals surface area contributed by atoms with Crippen LogP contribution in [0.5, 0.6) is 5.75 Å². The summed E-state index contributed by atoms with van der Waals surface area (Å²) in [7, 11) is -4.22. The standard InChI is InChI=1S/C22H14Cl2N2O5S/c1-14-2-8-20(9-3-14)32(29,30)31-22-16(11-18(23)12-21(22)24)10-17(13-25)15-4-6-19(7-5-15)26(27)28/h2-12H,1H3/b17-10+. The van der Waals surface area contributed by atoms with Gasteiger partial charge in [-0.3, -0.25) is 10.1 Å². The van der Waals surface area contributed by atoms with Gasteiger partial charge < -0.3 is 4.18 Å². The number of aryl methyl sites for hydroxylation is 1. The number of hydrogen-bond acceptors (Lipinski definition) is 6. The lowest BCUT2D eigenvalue weighted by molar-refractivity contribution is -0.384. The first-order valence-electron chi connectivity index (χ1n) is 8.97. The van der Waals surface area contributed by atoms with Gasteiger partial charge in [0.1, 0.15) is 4.90 Å². The molecular weight excluding hydrogens is 475 g/mol. The molecule has 0 bridgehead atoms. The van der Waals surface area contributed by atoms with Crippen molar-refractivity contribution in [1.29, 1.82) is 5.26 Å². The summed E-state index contributed by atoms with van der Waals surface area (Å²) in [6.07, 6.45) is 1.35. The third-order valence-corrected chi connectivity index (χ3v) is 6.08. The first kappa shape index (κ1) is 23.3. The van der Waals surface area contributed by atoms with Crippen molar-refractivity contribution in [3.8, 4) is 11.8 Å². The first-order valence-corrected chi connectivity index (χ1v) is 11.1. The Morgan fingerprint density at radius 1 is 1.09 bits per heavy atom. The third-order valence-electron chi connectivity index (χ3n) is 4.35. The van der Waals surface area contributed by atoms with Crippen LogP contribution in [0.2, 0.25) is 10.0 Å². The summed E-state index contributed by atoms with van der Waals surface area (Å²) < 4.78 is 30.8. The lowest BCUT2D eigenvalue weighted by Crippen LogP contribution is -2.11. The highest BCUT2D eigenvalue weighted by atomic mass is 35.5. The van der Waals surface area contributed by atoms with Gasteiger partial charge in [-0.2, -0.15) is 13.7 Å². The number of nitro groups is 1. The topological polar surface area (TPSA) is 110 Å². The molecule has 0 saturated carbocycles. The molecule has 0 N–H and O–H groups in total. The Kier molecular flexibility index (Phi) is 6.84. The van der Waals surface area contributed by atoms with E-state index >= 15 is 0 Å². The molecule has 0 aliphatic carbocycles. The average Bonchev–Trinajstić information content (AvgIpc) is 2.74. The normalized spacial score (nSPS) is 11.6. The first-order chi connectivity index (χ1) is 15.1. The average molecular weight is 489 g/mol. The fraction of sp³-hybridized carbons (Fsp3) is 0.0455. The zero-order chi connectivity index (χ0) is 23.5. The minimum Gasteiger partial charge on any atom is -0.377 e. The Bertz CT molecular complexity index is 1360. The zero-order valence-electron chi connectivity index (χ0n) is 16.5. The van der Waals surface area contributed by atoms with Gasteiger partial charge >= 0.3 is 10.1 Å². The van der Waals surface area contributed by atoms with Crippen molar-refractivity contribution in [2.75, 3.05) is 0 Å². The van der Waals surface area contributed by atoms with E-state index < -0.39 is 15.0 Å². The van der Waals surface area contributed by atoms with Crippen LogP contribution in [0.3, 0.4) is 0 Å². The molecule has 162 valence electrons. The number of rotatable bonds is 6. The molecule has 0 unspecified atom stereocenters. The van der Waals surface area contributed by atoms with Gasteiger partial charge in [-0.25, -0.2) is 0 Å². The second kappa shape index (κ2) is 9.40. The number of halogens is 2. The van der Waals surface area contributed by atoms with E-state index in [0.29, 0.717) is 5.56 Å². The summed E-state index contributed by atoms with van der Waals surface area (Å²) in [4.78, 5) is 10.2. The molecule has 0 radical (unpaired) electrons. The number of benzene rings is 3. The molecule has 3 rings (SSSR count). The number of non-ortho nitro benzene ring substituents is 1. The quantitative estimate of drug-likeness (QED) is 0.137. The predicted molar refractivity (Wildman–Crippen MR) is 122 cm³/mol. The maximum atomic E-state index is 12.8. The van der Waals surface area contributed by atoms with Gasteiger partial charge in [0.25, 0.3) is 5.69 Å². The lowest BCUT2D eigenvalue weighted by atomic mass is 10.0. The Labute approximate surface area is 194 Å². The maximum Gasteiger partial charge on any atom is 0.339 e. The van der Waals surface area contributed by atoms with Crippen molar-refractivity contribution in [2.24, 2.45) is 0 Å². The van der Waals surface area contributed by atoms with Gasteiger partial charge in [0.2, 0.25) is 0 Å². The molecule has 0 aliphatic heterocycles. The monoisotopic (exact) mass is 488 g/mol. The molecular formula is C22H14Cl2N2O5S. The van der Waals surface area contributed by atoms with Crippen molar-refractivity contribution < 1.29 is 17.5 Å². The van der Waals surface area contributed by atoms with E-state index in [4.69, 9.17) is 27.4 Å². The molecule has 0 aromatic heterocycles. The van der Waals surface area contributed by atoms with Gasteiger partial charge in [-0.1, -0.05) is 40.9 Å². The van der Waals surface area contributed by atoms with Crippen LogP contribution in [0, 0.1) is 28.4 Å². The van der Waals surface area contributed by atoms with Crippen molar-refractivity contribution in [3.63, 3.8) is 0 Å². The number of hydrogen-bond donors (Lipinski definition) is 0. The molecule has 0 amide bonds. The number of nitriles is 1. The summed E-state index contributed by atoms with van der Waals surface area (Å²) in [5.74, 6) is -0.202. The second-order valence-corrected chi connectivity index (χ2v) is 9.02. The minimum absolute atomic E-state index is 0.0691. The van der Waals surface area contributed by atoms with E-state index in [1.165, 1.54) is 54.6 Å². The van der Waals surface area contributed by atoms with Crippen LogP contribution < -0.4 is 4.18 Å². The van der Waals surface area contributed by atoms with Crippen LogP contribution in [0.1, 0.15) is 16.7 Å². The highest BCUT2D eigenvalue weighted by molar-refractivity contribution is 7.87. The molecule has 32 heavy (non-hydrogen) atoms. The van der Waals surface area contributed by atoms with Crippen LogP contribution in [0.25, 0.3) is 11.6 Å². The molecule has 3 aromatic rings. The smallest absolute Gasteiger partial charge is 0.339 e. The minimum atomic E-state index is -4.22. The van der Waals surface area contributed by atoms with Gasteiger partial charge in [0.05, 0.1) is 21.6 Å². The maximum absolute atomic E-state index is 12.8. The lowest BCUT2D eigenvalue weighted by Gasteiger charge is -2.12. The van der Waals surface area contributed by atoms with Gasteiger partial charge in [-0.05, 0) is 55.0 Å². The van der Waals surface area contributed by atoms with E-state index in [1.54, 1.807) is 12.1 Å². The summed E-state index contributed by atoms with van der Waals surface area (Å²) in [6, 6.07) is 16.1. The van der Waals surface area contributed by atoms with E-state index in [0.717, 1.165) is 5.56 Å². The van der Waals surface area contributed by atoms with Gasteiger partial charge in [-0.15, -0.1) is 0 Å². The fourth-order valence-electron chi connectivity index (χ4n) is 2.74. The van der Waals surface area contributed by atoms with Crippen LogP contribution >= 0.6 is 23.2 Å². The number of allylic oxidation sites excluding steroid dienone is 1. The van der Waals surface area contributed by atoms with E-state index in [1.807, 2.05) is 13.0 Å². The number of nitro benzene ring substituents is 1. The molecule has 0 atom stereocenters. The fourth-order valence-corrected chi connectivity index (χ4v) is 4.30. The van der Waals surface area contributed by atoms with Crippen LogP contribution in [0.4, 0.5) is 5.69 Å². The summed E-state index contributed by atoms with van der Waals surface area (Å²) in [6.45, 7) is 1.82. The van der Waals surface area contributed by atoms with Crippen molar-refractivity contribution in [3.05, 3.63) is 97.5 Å².